The molecule has 2 bridgehead atoms. The van der Waals surface area contributed by atoms with Gasteiger partial charge >= 0.3 is 5.97 Å². The standard InChI is InChI=1S/C11H19NO2.ClH/c1-2-14-11(13)8-6-9-4-3-5-10(7-8)12-9;/h8-10,12H,2-7H2,1H3;1H. The van der Waals surface area contributed by atoms with Gasteiger partial charge in [0, 0.05) is 12.1 Å². The molecule has 88 valence electrons. The van der Waals surface area contributed by atoms with Crippen LogP contribution in [0.4, 0.5) is 0 Å². The molecule has 2 rings (SSSR count). The summed E-state index contributed by atoms with van der Waals surface area (Å²) in [5.41, 5.74) is 0. The van der Waals surface area contributed by atoms with Gasteiger partial charge in [0.2, 0.25) is 0 Å². The number of ether oxygens (including phenoxy) is 1. The lowest BCUT2D eigenvalue weighted by molar-refractivity contribution is -0.150. The van der Waals surface area contributed by atoms with Crippen molar-refractivity contribution in [2.24, 2.45) is 5.92 Å². The third-order valence-corrected chi connectivity index (χ3v) is 3.33. The Hall–Kier alpha value is -0.280. The first kappa shape index (κ1) is 12.8. The molecule has 0 amide bonds. The number of esters is 1. The van der Waals surface area contributed by atoms with Crippen molar-refractivity contribution in [3.8, 4) is 0 Å². The molecule has 0 aliphatic carbocycles. The number of fused-ring (bicyclic) bond motifs is 2. The van der Waals surface area contributed by atoms with E-state index in [0.29, 0.717) is 18.7 Å². The summed E-state index contributed by atoms with van der Waals surface area (Å²) >= 11 is 0. The van der Waals surface area contributed by atoms with Crippen LogP contribution in [0.2, 0.25) is 0 Å². The van der Waals surface area contributed by atoms with Crippen LogP contribution in [0.15, 0.2) is 0 Å². The summed E-state index contributed by atoms with van der Waals surface area (Å²) < 4.78 is 5.08. The molecule has 2 fully saturated rings. The highest BCUT2D eigenvalue weighted by Crippen LogP contribution is 2.30. The molecule has 0 spiro atoms. The quantitative estimate of drug-likeness (QED) is 0.741. The van der Waals surface area contributed by atoms with Crippen molar-refractivity contribution in [1.82, 2.24) is 5.32 Å². The third kappa shape index (κ3) is 3.08. The Labute approximate surface area is 97.4 Å². The molecule has 2 aliphatic rings. The van der Waals surface area contributed by atoms with Crippen LogP contribution in [0, 0.1) is 5.92 Å². The molecule has 2 atom stereocenters. The smallest absolute Gasteiger partial charge is 0.309 e. The van der Waals surface area contributed by atoms with E-state index in [1.54, 1.807) is 0 Å². The summed E-state index contributed by atoms with van der Waals surface area (Å²) in [6.07, 6.45) is 5.74. The molecule has 2 saturated heterocycles. The molecule has 15 heavy (non-hydrogen) atoms. The van der Waals surface area contributed by atoms with Gasteiger partial charge in [0.05, 0.1) is 12.5 Å². The van der Waals surface area contributed by atoms with Crippen LogP contribution in [0.3, 0.4) is 0 Å². The lowest BCUT2D eigenvalue weighted by Gasteiger charge is -2.39. The van der Waals surface area contributed by atoms with Crippen LogP contribution in [0.5, 0.6) is 0 Å². The van der Waals surface area contributed by atoms with Gasteiger partial charge in [-0.1, -0.05) is 6.42 Å². The minimum absolute atomic E-state index is 0. The fraction of sp³-hybridized carbons (Fsp3) is 0.909. The second-order valence-corrected chi connectivity index (χ2v) is 4.41. The Morgan fingerprint density at radius 3 is 2.47 bits per heavy atom. The molecule has 4 heteroatoms. The second kappa shape index (κ2) is 5.71. The summed E-state index contributed by atoms with van der Waals surface area (Å²) in [4.78, 5) is 11.6. The van der Waals surface area contributed by atoms with Crippen LogP contribution in [-0.2, 0) is 9.53 Å². The van der Waals surface area contributed by atoms with Crippen LogP contribution < -0.4 is 5.32 Å². The predicted molar refractivity (Wildman–Crippen MR) is 61.2 cm³/mol. The normalized spacial score (nSPS) is 34.1. The topological polar surface area (TPSA) is 38.3 Å². The predicted octanol–water partition coefficient (Wildman–Crippen LogP) is 1.89. The maximum Gasteiger partial charge on any atom is 0.309 e. The van der Waals surface area contributed by atoms with E-state index in [1.807, 2.05) is 6.92 Å². The molecule has 2 heterocycles. The van der Waals surface area contributed by atoms with Crippen LogP contribution in [0.25, 0.3) is 0 Å². The Morgan fingerprint density at radius 1 is 1.33 bits per heavy atom. The number of hydrogen-bond donors (Lipinski definition) is 1. The van der Waals surface area contributed by atoms with Crippen molar-refractivity contribution in [2.45, 2.75) is 51.1 Å². The third-order valence-electron chi connectivity index (χ3n) is 3.33. The Bertz CT molecular complexity index is 211. The van der Waals surface area contributed by atoms with Gasteiger partial charge in [-0.3, -0.25) is 4.79 Å². The summed E-state index contributed by atoms with van der Waals surface area (Å²) in [6.45, 7) is 2.39. The van der Waals surface area contributed by atoms with Crippen LogP contribution in [-0.4, -0.2) is 24.7 Å². The molecular formula is C11H20ClNO2. The number of nitrogens with one attached hydrogen (secondary N) is 1. The Morgan fingerprint density at radius 2 is 1.93 bits per heavy atom. The summed E-state index contributed by atoms with van der Waals surface area (Å²) in [6, 6.07) is 1.13. The van der Waals surface area contributed by atoms with Crippen LogP contribution in [0.1, 0.15) is 39.0 Å². The van der Waals surface area contributed by atoms with E-state index in [1.165, 1.54) is 19.3 Å². The highest BCUT2D eigenvalue weighted by molar-refractivity contribution is 5.85. The first-order valence-electron chi connectivity index (χ1n) is 5.72. The summed E-state index contributed by atoms with van der Waals surface area (Å²) in [5.74, 6) is 0.178. The lowest BCUT2D eigenvalue weighted by atomic mass is 9.80. The van der Waals surface area contributed by atoms with Gasteiger partial charge in [-0.25, -0.2) is 0 Å². The van der Waals surface area contributed by atoms with Gasteiger partial charge in [-0.2, -0.15) is 0 Å². The number of rotatable bonds is 2. The van der Waals surface area contributed by atoms with Crippen molar-refractivity contribution >= 4 is 18.4 Å². The second-order valence-electron chi connectivity index (χ2n) is 4.41. The fourth-order valence-corrected chi connectivity index (χ4v) is 2.72. The van der Waals surface area contributed by atoms with E-state index in [0.717, 1.165) is 12.8 Å². The zero-order chi connectivity index (χ0) is 9.97. The zero-order valence-corrected chi connectivity index (χ0v) is 10.0. The van der Waals surface area contributed by atoms with E-state index in [9.17, 15) is 4.79 Å². The number of carbonyl (C=O) groups excluding carboxylic acids is 1. The fourth-order valence-electron chi connectivity index (χ4n) is 2.72. The number of halogens is 1. The summed E-state index contributed by atoms with van der Waals surface area (Å²) in [7, 11) is 0. The molecule has 0 aromatic carbocycles. The molecule has 2 unspecified atom stereocenters. The maximum absolute atomic E-state index is 11.6. The number of carbonyl (C=O) groups is 1. The molecular weight excluding hydrogens is 214 g/mol. The maximum atomic E-state index is 11.6. The van der Waals surface area contributed by atoms with Crippen molar-refractivity contribution in [3.63, 3.8) is 0 Å². The van der Waals surface area contributed by atoms with Crippen molar-refractivity contribution in [2.75, 3.05) is 6.61 Å². The van der Waals surface area contributed by atoms with Crippen molar-refractivity contribution in [1.29, 1.82) is 0 Å². The molecule has 1 N–H and O–H groups in total. The van der Waals surface area contributed by atoms with E-state index >= 15 is 0 Å². The minimum atomic E-state index is 0. The first-order chi connectivity index (χ1) is 6.79. The molecule has 0 aromatic heterocycles. The van der Waals surface area contributed by atoms with Gasteiger partial charge < -0.3 is 10.1 Å². The van der Waals surface area contributed by atoms with E-state index in [4.69, 9.17) is 4.74 Å². The highest BCUT2D eigenvalue weighted by Gasteiger charge is 2.35. The summed E-state index contributed by atoms with van der Waals surface area (Å²) in [5, 5.41) is 3.57. The molecule has 0 radical (unpaired) electrons. The van der Waals surface area contributed by atoms with Crippen molar-refractivity contribution in [3.05, 3.63) is 0 Å². The Kier molecular flexibility index (Phi) is 4.87. The van der Waals surface area contributed by atoms with Gasteiger partial charge in [0.1, 0.15) is 0 Å². The average molecular weight is 234 g/mol. The minimum Gasteiger partial charge on any atom is -0.466 e. The largest absolute Gasteiger partial charge is 0.466 e. The van der Waals surface area contributed by atoms with Crippen molar-refractivity contribution < 1.29 is 9.53 Å². The van der Waals surface area contributed by atoms with E-state index in [2.05, 4.69) is 5.32 Å². The van der Waals surface area contributed by atoms with Crippen LogP contribution >= 0.6 is 12.4 Å². The molecule has 3 nitrogen and oxygen atoms in total. The highest BCUT2D eigenvalue weighted by atomic mass is 35.5. The number of piperidine rings is 2. The van der Waals surface area contributed by atoms with E-state index in [-0.39, 0.29) is 24.3 Å². The molecule has 0 aromatic rings. The van der Waals surface area contributed by atoms with Gasteiger partial charge in [-0.05, 0) is 32.6 Å². The average Bonchev–Trinajstić information content (AvgIpc) is 2.17. The zero-order valence-electron chi connectivity index (χ0n) is 9.20. The monoisotopic (exact) mass is 233 g/mol. The Balaban J connectivity index is 0.00000112. The molecule has 2 aliphatic heterocycles. The van der Waals surface area contributed by atoms with Gasteiger partial charge in [0.25, 0.3) is 0 Å². The van der Waals surface area contributed by atoms with Gasteiger partial charge in [0.15, 0.2) is 0 Å². The molecule has 0 saturated carbocycles. The van der Waals surface area contributed by atoms with E-state index < -0.39 is 0 Å². The first-order valence-corrected chi connectivity index (χ1v) is 5.72. The van der Waals surface area contributed by atoms with Gasteiger partial charge in [-0.15, -0.1) is 12.4 Å². The lowest BCUT2D eigenvalue weighted by Crippen LogP contribution is -2.50. The number of hydrogen-bond acceptors (Lipinski definition) is 3. The SMILES string of the molecule is CCOC(=O)C1CC2CCCC(C1)N2.Cl.